The number of fused-ring (bicyclic) bond motifs is 1. The molecule has 0 saturated heterocycles. The van der Waals surface area contributed by atoms with Crippen LogP contribution in [-0.2, 0) is 24.7 Å². The third-order valence-corrected chi connectivity index (χ3v) is 5.40. The molecule has 3 aromatic rings. The van der Waals surface area contributed by atoms with E-state index in [9.17, 15) is 19.2 Å². The van der Waals surface area contributed by atoms with Gasteiger partial charge in [-0.25, -0.2) is 14.5 Å². The number of carbonyl (C=O) groups is 4. The Bertz CT molecular complexity index is 1240. The van der Waals surface area contributed by atoms with E-state index >= 15 is 0 Å². The van der Waals surface area contributed by atoms with Crippen LogP contribution in [0.15, 0.2) is 78.9 Å². The number of hydrogen-bond acceptors (Lipinski definition) is 6. The van der Waals surface area contributed by atoms with Gasteiger partial charge in [0.2, 0.25) is 0 Å². The highest BCUT2D eigenvalue weighted by Crippen LogP contribution is 2.40. The summed E-state index contributed by atoms with van der Waals surface area (Å²) in [7, 11) is 0. The van der Waals surface area contributed by atoms with Crippen molar-refractivity contribution in [3.05, 3.63) is 101 Å². The van der Waals surface area contributed by atoms with Gasteiger partial charge in [0.15, 0.2) is 0 Å². The molecule has 7 nitrogen and oxygen atoms in total. The van der Waals surface area contributed by atoms with Crippen molar-refractivity contribution in [2.75, 3.05) is 11.5 Å². The predicted octanol–water partition coefficient (Wildman–Crippen LogP) is 4.14. The Kier molecular flexibility index (Phi) is 5.98. The Hall–Kier alpha value is -3.97. The van der Waals surface area contributed by atoms with Crippen LogP contribution in [0.1, 0.15) is 33.2 Å². The first-order valence-electron chi connectivity index (χ1n) is 10.1. The summed E-state index contributed by atoms with van der Waals surface area (Å²) in [6, 6.07) is 19.8. The van der Waals surface area contributed by atoms with Crippen molar-refractivity contribution in [3.63, 3.8) is 0 Å². The van der Waals surface area contributed by atoms with Crippen LogP contribution in [0.2, 0.25) is 5.02 Å². The molecule has 33 heavy (non-hydrogen) atoms. The number of nitrogens with zero attached hydrogens (tertiary/aromatic N) is 1. The standard InChI is InChI=1S/C25H18ClNO6/c1-2-32-24(31)25(33-22(29)16-8-4-3-5-9-16)20-11-7-6-10-19(20)21(28)27(23(25)30)18-14-12-17(26)13-15-18/h3-15H,2H2,1H3. The maximum atomic E-state index is 13.9. The molecule has 0 aliphatic carbocycles. The number of rotatable bonds is 5. The fourth-order valence-electron chi connectivity index (χ4n) is 3.63. The molecule has 0 bridgehead atoms. The van der Waals surface area contributed by atoms with Crippen molar-refractivity contribution >= 4 is 41.0 Å². The van der Waals surface area contributed by atoms with E-state index in [1.807, 2.05) is 0 Å². The number of anilines is 1. The lowest BCUT2D eigenvalue weighted by Crippen LogP contribution is -2.61. The van der Waals surface area contributed by atoms with E-state index in [0.29, 0.717) is 5.02 Å². The van der Waals surface area contributed by atoms with Crippen LogP contribution >= 0.6 is 11.6 Å². The minimum Gasteiger partial charge on any atom is -0.462 e. The monoisotopic (exact) mass is 463 g/mol. The average molecular weight is 464 g/mol. The van der Waals surface area contributed by atoms with Gasteiger partial charge in [0.1, 0.15) is 0 Å². The largest absolute Gasteiger partial charge is 0.462 e. The van der Waals surface area contributed by atoms with Gasteiger partial charge in [0, 0.05) is 16.1 Å². The number of imide groups is 1. The minimum absolute atomic E-state index is 0.0287. The van der Waals surface area contributed by atoms with Gasteiger partial charge in [-0.1, -0.05) is 48.0 Å². The molecule has 2 amide bonds. The second-order valence-electron chi connectivity index (χ2n) is 7.12. The third-order valence-electron chi connectivity index (χ3n) is 5.15. The Morgan fingerprint density at radius 2 is 1.55 bits per heavy atom. The maximum Gasteiger partial charge on any atom is 0.365 e. The fraction of sp³-hybridized carbons (Fsp3) is 0.120. The number of amides is 2. The van der Waals surface area contributed by atoms with Crippen LogP contribution in [0.3, 0.4) is 0 Å². The van der Waals surface area contributed by atoms with Crippen molar-refractivity contribution < 1.29 is 28.7 Å². The molecule has 1 unspecified atom stereocenters. The van der Waals surface area contributed by atoms with E-state index in [0.717, 1.165) is 4.90 Å². The van der Waals surface area contributed by atoms with Gasteiger partial charge in [-0.3, -0.25) is 9.59 Å². The van der Waals surface area contributed by atoms with Crippen LogP contribution in [-0.4, -0.2) is 30.4 Å². The number of carbonyl (C=O) groups excluding carboxylic acids is 4. The van der Waals surface area contributed by atoms with E-state index in [-0.39, 0.29) is 29.0 Å². The molecule has 0 radical (unpaired) electrons. The van der Waals surface area contributed by atoms with Crippen molar-refractivity contribution in [2.24, 2.45) is 0 Å². The van der Waals surface area contributed by atoms with Gasteiger partial charge in [-0.15, -0.1) is 0 Å². The van der Waals surface area contributed by atoms with E-state index in [1.54, 1.807) is 37.3 Å². The molecule has 8 heteroatoms. The summed E-state index contributed by atoms with van der Waals surface area (Å²) in [5.74, 6) is -3.75. The summed E-state index contributed by atoms with van der Waals surface area (Å²) in [4.78, 5) is 54.4. The Labute approximate surface area is 194 Å². The molecule has 0 fully saturated rings. The van der Waals surface area contributed by atoms with E-state index in [2.05, 4.69) is 0 Å². The number of ether oxygens (including phenoxy) is 2. The van der Waals surface area contributed by atoms with Gasteiger partial charge < -0.3 is 9.47 Å². The lowest BCUT2D eigenvalue weighted by Gasteiger charge is -2.39. The van der Waals surface area contributed by atoms with Crippen molar-refractivity contribution in [1.82, 2.24) is 0 Å². The molecular formula is C25H18ClNO6. The van der Waals surface area contributed by atoms with Crippen LogP contribution < -0.4 is 4.90 Å². The second kappa shape index (κ2) is 8.88. The van der Waals surface area contributed by atoms with Crippen molar-refractivity contribution in [1.29, 1.82) is 0 Å². The molecule has 1 aliphatic rings. The third kappa shape index (κ3) is 3.76. The minimum atomic E-state index is -2.52. The summed E-state index contributed by atoms with van der Waals surface area (Å²) in [5, 5.41) is 0.392. The van der Waals surface area contributed by atoms with Crippen molar-refractivity contribution in [3.8, 4) is 0 Å². The highest BCUT2D eigenvalue weighted by Gasteiger charge is 2.61. The SMILES string of the molecule is CCOC(=O)C1(OC(=O)c2ccccc2)C(=O)N(c2ccc(Cl)cc2)C(=O)c2ccccc21. The highest BCUT2D eigenvalue weighted by atomic mass is 35.5. The first-order chi connectivity index (χ1) is 15.9. The molecule has 1 aliphatic heterocycles. The van der Waals surface area contributed by atoms with Crippen LogP contribution in [0.5, 0.6) is 0 Å². The Balaban J connectivity index is 1.94. The summed E-state index contributed by atoms with van der Waals surface area (Å²) >= 11 is 5.96. The maximum absolute atomic E-state index is 13.9. The smallest absolute Gasteiger partial charge is 0.365 e. The Morgan fingerprint density at radius 1 is 0.909 bits per heavy atom. The molecule has 0 spiro atoms. The normalized spacial score (nSPS) is 17.3. The zero-order valence-corrected chi connectivity index (χ0v) is 18.2. The summed E-state index contributed by atoms with van der Waals surface area (Å²) in [6.45, 7) is 1.49. The summed E-state index contributed by atoms with van der Waals surface area (Å²) < 4.78 is 10.9. The van der Waals surface area contributed by atoms with Crippen molar-refractivity contribution in [2.45, 2.75) is 12.5 Å². The molecule has 0 saturated carbocycles. The summed E-state index contributed by atoms with van der Waals surface area (Å²) in [5.41, 5.74) is -2.27. The second-order valence-corrected chi connectivity index (χ2v) is 7.56. The number of benzene rings is 3. The molecule has 0 N–H and O–H groups in total. The van der Waals surface area contributed by atoms with Gasteiger partial charge in [-0.05, 0) is 49.4 Å². The highest BCUT2D eigenvalue weighted by molar-refractivity contribution is 6.33. The quantitative estimate of drug-likeness (QED) is 0.321. The van der Waals surface area contributed by atoms with Gasteiger partial charge in [0.05, 0.1) is 17.9 Å². The van der Waals surface area contributed by atoms with Gasteiger partial charge in [0.25, 0.3) is 11.8 Å². The first kappa shape index (κ1) is 22.2. The molecule has 3 aromatic carbocycles. The van der Waals surface area contributed by atoms with Crippen LogP contribution in [0, 0.1) is 0 Å². The number of hydrogen-bond donors (Lipinski definition) is 0. The Morgan fingerprint density at radius 3 is 2.21 bits per heavy atom. The van der Waals surface area contributed by atoms with Crippen LogP contribution in [0.4, 0.5) is 5.69 Å². The van der Waals surface area contributed by atoms with Gasteiger partial charge >= 0.3 is 17.5 Å². The molecule has 1 heterocycles. The topological polar surface area (TPSA) is 90.0 Å². The zero-order valence-electron chi connectivity index (χ0n) is 17.5. The summed E-state index contributed by atoms with van der Waals surface area (Å²) in [6.07, 6.45) is 0. The zero-order chi connectivity index (χ0) is 23.6. The molecule has 0 aromatic heterocycles. The molecule has 4 rings (SSSR count). The van der Waals surface area contributed by atoms with E-state index < -0.39 is 29.4 Å². The lowest BCUT2D eigenvalue weighted by molar-refractivity contribution is -0.172. The van der Waals surface area contributed by atoms with Gasteiger partial charge in [-0.2, -0.15) is 0 Å². The number of esters is 2. The van der Waals surface area contributed by atoms with Crippen LogP contribution in [0.25, 0.3) is 0 Å². The number of halogens is 1. The van der Waals surface area contributed by atoms with E-state index in [1.165, 1.54) is 48.5 Å². The molecule has 1 atom stereocenters. The van der Waals surface area contributed by atoms with E-state index in [4.69, 9.17) is 21.1 Å². The fourth-order valence-corrected chi connectivity index (χ4v) is 3.76. The first-order valence-corrected chi connectivity index (χ1v) is 10.5. The average Bonchev–Trinajstić information content (AvgIpc) is 2.83. The predicted molar refractivity (Wildman–Crippen MR) is 120 cm³/mol. The molecular weight excluding hydrogens is 446 g/mol. The lowest BCUT2D eigenvalue weighted by atomic mass is 9.83. The molecule has 166 valence electrons.